The first-order valence-corrected chi connectivity index (χ1v) is 5.66. The monoisotopic (exact) mass is 241 g/mol. The van der Waals surface area contributed by atoms with E-state index in [1.54, 1.807) is 25.3 Å². The molecule has 18 heavy (non-hydrogen) atoms. The average molecular weight is 241 g/mol. The molecule has 92 valence electrons. The van der Waals surface area contributed by atoms with E-state index in [2.05, 4.69) is 10.3 Å². The van der Waals surface area contributed by atoms with Gasteiger partial charge >= 0.3 is 0 Å². The fourth-order valence-corrected chi connectivity index (χ4v) is 1.65. The lowest BCUT2D eigenvalue weighted by atomic mass is 10.1. The predicted molar refractivity (Wildman–Crippen MR) is 73.1 cm³/mol. The summed E-state index contributed by atoms with van der Waals surface area (Å²) in [6, 6.07) is 9.15. The molecule has 2 aromatic rings. The average Bonchev–Trinajstić information content (AvgIpc) is 2.33. The van der Waals surface area contributed by atoms with Gasteiger partial charge in [-0.05, 0) is 49.7 Å². The summed E-state index contributed by atoms with van der Waals surface area (Å²) in [6.07, 6.45) is 1.61. The molecule has 0 aliphatic heterocycles. The molecular formula is C14H15N3O. The molecule has 4 nitrogen and oxygen atoms in total. The second-order valence-corrected chi connectivity index (χ2v) is 4.19. The number of aromatic nitrogens is 1. The van der Waals surface area contributed by atoms with Crippen LogP contribution in [0.4, 0.5) is 17.2 Å². The van der Waals surface area contributed by atoms with Gasteiger partial charge in [0, 0.05) is 11.3 Å². The highest BCUT2D eigenvalue weighted by molar-refractivity contribution is 5.94. The van der Waals surface area contributed by atoms with E-state index in [0.29, 0.717) is 11.3 Å². The van der Waals surface area contributed by atoms with Gasteiger partial charge in [0.2, 0.25) is 0 Å². The summed E-state index contributed by atoms with van der Waals surface area (Å²) in [7, 11) is 0. The zero-order chi connectivity index (χ0) is 13.1. The van der Waals surface area contributed by atoms with Gasteiger partial charge in [-0.25, -0.2) is 4.98 Å². The Morgan fingerprint density at radius 3 is 2.50 bits per heavy atom. The summed E-state index contributed by atoms with van der Waals surface area (Å²) in [4.78, 5) is 15.4. The van der Waals surface area contributed by atoms with Gasteiger partial charge < -0.3 is 11.1 Å². The molecule has 0 aliphatic carbocycles. The number of nitrogen functional groups attached to an aromatic ring is 1. The SMILES string of the molecule is CC(=O)c1ccc(Nc2ncc(N)cc2C)cc1. The third-order valence-corrected chi connectivity index (χ3v) is 2.65. The molecule has 0 atom stereocenters. The van der Waals surface area contributed by atoms with Gasteiger partial charge in [0.25, 0.3) is 0 Å². The fourth-order valence-electron chi connectivity index (χ4n) is 1.65. The molecule has 0 saturated heterocycles. The van der Waals surface area contributed by atoms with Gasteiger partial charge in [-0.1, -0.05) is 0 Å². The second kappa shape index (κ2) is 4.87. The van der Waals surface area contributed by atoms with Gasteiger partial charge in [0.1, 0.15) is 5.82 Å². The molecule has 0 fully saturated rings. The number of ketones is 1. The quantitative estimate of drug-likeness (QED) is 0.811. The first-order chi connectivity index (χ1) is 8.56. The van der Waals surface area contributed by atoms with Gasteiger partial charge in [0.05, 0.1) is 11.9 Å². The lowest BCUT2D eigenvalue weighted by molar-refractivity contribution is 0.101. The molecule has 3 N–H and O–H groups in total. The normalized spacial score (nSPS) is 10.1. The number of hydrogen-bond donors (Lipinski definition) is 2. The number of nitrogens with one attached hydrogen (secondary N) is 1. The van der Waals surface area contributed by atoms with Crippen molar-refractivity contribution < 1.29 is 4.79 Å². The van der Waals surface area contributed by atoms with E-state index in [9.17, 15) is 4.79 Å². The van der Waals surface area contributed by atoms with Crippen LogP contribution in [-0.2, 0) is 0 Å². The third kappa shape index (κ3) is 2.66. The zero-order valence-electron chi connectivity index (χ0n) is 10.4. The van der Waals surface area contributed by atoms with E-state index in [1.165, 1.54) is 0 Å². The topological polar surface area (TPSA) is 68.0 Å². The number of benzene rings is 1. The highest BCUT2D eigenvalue weighted by atomic mass is 16.1. The summed E-state index contributed by atoms with van der Waals surface area (Å²) in [5.74, 6) is 0.822. The Morgan fingerprint density at radius 2 is 1.94 bits per heavy atom. The number of pyridine rings is 1. The number of rotatable bonds is 3. The minimum atomic E-state index is 0.0586. The summed E-state index contributed by atoms with van der Waals surface area (Å²) < 4.78 is 0. The van der Waals surface area contributed by atoms with Crippen LogP contribution >= 0.6 is 0 Å². The lowest BCUT2D eigenvalue weighted by Crippen LogP contribution is -1.99. The standard InChI is InChI=1S/C14H15N3O/c1-9-7-12(15)8-16-14(9)17-13-5-3-11(4-6-13)10(2)18/h3-8H,15H2,1-2H3,(H,16,17). The van der Waals surface area contributed by atoms with Crippen molar-refractivity contribution in [2.24, 2.45) is 0 Å². The molecule has 0 aliphatic rings. The summed E-state index contributed by atoms with van der Waals surface area (Å²) in [5, 5.41) is 3.19. The van der Waals surface area contributed by atoms with Crippen LogP contribution in [0.25, 0.3) is 0 Å². The molecule has 0 spiro atoms. The Balaban J connectivity index is 2.21. The van der Waals surface area contributed by atoms with Crippen LogP contribution in [0.15, 0.2) is 36.5 Å². The molecule has 0 amide bonds. The van der Waals surface area contributed by atoms with Crippen molar-refractivity contribution in [3.05, 3.63) is 47.7 Å². The maximum Gasteiger partial charge on any atom is 0.159 e. The number of nitrogens with two attached hydrogens (primary N) is 1. The number of carbonyl (C=O) groups excluding carboxylic acids is 1. The smallest absolute Gasteiger partial charge is 0.159 e. The fraction of sp³-hybridized carbons (Fsp3) is 0.143. The minimum Gasteiger partial charge on any atom is -0.397 e. The van der Waals surface area contributed by atoms with Gasteiger partial charge in [0.15, 0.2) is 5.78 Å². The molecule has 1 aromatic heterocycles. The number of hydrogen-bond acceptors (Lipinski definition) is 4. The van der Waals surface area contributed by atoms with Crippen LogP contribution in [-0.4, -0.2) is 10.8 Å². The van der Waals surface area contributed by atoms with Crippen LogP contribution in [0.5, 0.6) is 0 Å². The van der Waals surface area contributed by atoms with Crippen molar-refractivity contribution in [2.75, 3.05) is 11.1 Å². The number of aryl methyl sites for hydroxylation is 1. The van der Waals surface area contributed by atoms with Crippen molar-refractivity contribution in [3.8, 4) is 0 Å². The number of nitrogens with zero attached hydrogens (tertiary/aromatic N) is 1. The third-order valence-electron chi connectivity index (χ3n) is 2.65. The molecular weight excluding hydrogens is 226 g/mol. The van der Waals surface area contributed by atoms with Crippen molar-refractivity contribution in [1.82, 2.24) is 4.98 Å². The van der Waals surface area contributed by atoms with Crippen molar-refractivity contribution in [3.63, 3.8) is 0 Å². The van der Waals surface area contributed by atoms with Crippen LogP contribution in [0.2, 0.25) is 0 Å². The molecule has 1 heterocycles. The highest BCUT2D eigenvalue weighted by Gasteiger charge is 2.02. The Morgan fingerprint density at radius 1 is 1.28 bits per heavy atom. The zero-order valence-corrected chi connectivity index (χ0v) is 10.4. The number of anilines is 3. The first-order valence-electron chi connectivity index (χ1n) is 5.66. The molecule has 4 heteroatoms. The van der Waals surface area contributed by atoms with E-state index in [4.69, 9.17) is 5.73 Å². The van der Waals surface area contributed by atoms with Crippen LogP contribution in [0.3, 0.4) is 0 Å². The Bertz CT molecular complexity index is 576. The summed E-state index contributed by atoms with van der Waals surface area (Å²) in [6.45, 7) is 3.49. The Hall–Kier alpha value is -2.36. The summed E-state index contributed by atoms with van der Waals surface area (Å²) in [5.41, 5.74) is 8.85. The highest BCUT2D eigenvalue weighted by Crippen LogP contribution is 2.20. The summed E-state index contributed by atoms with van der Waals surface area (Å²) >= 11 is 0. The van der Waals surface area contributed by atoms with Crippen molar-refractivity contribution >= 4 is 23.0 Å². The Kier molecular flexibility index (Phi) is 3.28. The van der Waals surface area contributed by atoms with Crippen LogP contribution < -0.4 is 11.1 Å². The van der Waals surface area contributed by atoms with E-state index in [-0.39, 0.29) is 5.78 Å². The van der Waals surface area contributed by atoms with Gasteiger partial charge in [-0.3, -0.25) is 4.79 Å². The molecule has 0 bridgehead atoms. The minimum absolute atomic E-state index is 0.0586. The van der Waals surface area contributed by atoms with Crippen LogP contribution in [0, 0.1) is 6.92 Å². The number of carbonyl (C=O) groups is 1. The van der Waals surface area contributed by atoms with E-state index < -0.39 is 0 Å². The lowest BCUT2D eigenvalue weighted by Gasteiger charge is -2.09. The van der Waals surface area contributed by atoms with Crippen molar-refractivity contribution in [1.29, 1.82) is 0 Å². The van der Waals surface area contributed by atoms with Gasteiger partial charge in [-0.2, -0.15) is 0 Å². The molecule has 1 aromatic carbocycles. The van der Waals surface area contributed by atoms with E-state index in [0.717, 1.165) is 17.1 Å². The van der Waals surface area contributed by atoms with Crippen LogP contribution in [0.1, 0.15) is 22.8 Å². The Labute approximate surface area is 106 Å². The molecule has 0 radical (unpaired) electrons. The van der Waals surface area contributed by atoms with E-state index >= 15 is 0 Å². The predicted octanol–water partition coefficient (Wildman–Crippen LogP) is 2.92. The number of Topliss-reactive ketones (excluding diaryl/α,β-unsaturated/α-hetero) is 1. The maximum absolute atomic E-state index is 11.2. The first kappa shape index (κ1) is 12.1. The van der Waals surface area contributed by atoms with Crippen molar-refractivity contribution in [2.45, 2.75) is 13.8 Å². The van der Waals surface area contributed by atoms with Gasteiger partial charge in [-0.15, -0.1) is 0 Å². The molecule has 2 rings (SSSR count). The maximum atomic E-state index is 11.2. The largest absolute Gasteiger partial charge is 0.397 e. The molecule has 0 unspecified atom stereocenters. The molecule has 0 saturated carbocycles. The second-order valence-electron chi connectivity index (χ2n) is 4.19. The van der Waals surface area contributed by atoms with E-state index in [1.807, 2.05) is 25.1 Å².